The molecule has 2 N–H and O–H groups in total. The molecule has 0 aromatic carbocycles. The molecule has 0 amide bonds. The lowest BCUT2D eigenvalue weighted by Gasteiger charge is -2.17. The van der Waals surface area contributed by atoms with E-state index in [1.165, 1.54) is 0 Å². The van der Waals surface area contributed by atoms with E-state index >= 15 is 0 Å². The lowest BCUT2D eigenvalue weighted by Crippen LogP contribution is -2.39. The van der Waals surface area contributed by atoms with Crippen LogP contribution < -0.4 is 5.73 Å². The zero-order valence-electron chi connectivity index (χ0n) is 8.69. The number of hydrogen-bond donors (Lipinski definition) is 1. The molecule has 0 bridgehead atoms. The van der Waals surface area contributed by atoms with Crippen LogP contribution in [0.5, 0.6) is 0 Å². The minimum absolute atomic E-state index is 0.0835. The van der Waals surface area contributed by atoms with Crippen molar-refractivity contribution in [3.05, 3.63) is 0 Å². The van der Waals surface area contributed by atoms with Crippen LogP contribution >= 0.6 is 0 Å². The van der Waals surface area contributed by atoms with E-state index in [2.05, 4.69) is 5.92 Å². The zero-order chi connectivity index (χ0) is 10.7. The largest absolute Gasteiger partial charge is 0.448 e. The molecule has 0 aromatic heterocycles. The Balaban J connectivity index is 2.42. The average molecular weight is 195 g/mol. The predicted molar refractivity (Wildman–Crippen MR) is 54.3 cm³/mol. The van der Waals surface area contributed by atoms with Gasteiger partial charge in [-0.05, 0) is 18.8 Å². The molecule has 3 nitrogen and oxygen atoms in total. The van der Waals surface area contributed by atoms with Gasteiger partial charge in [0.2, 0.25) is 0 Å². The van der Waals surface area contributed by atoms with E-state index < -0.39 is 6.04 Å². The molecule has 1 saturated carbocycles. The van der Waals surface area contributed by atoms with Crippen LogP contribution in [0.15, 0.2) is 0 Å². The third-order valence-corrected chi connectivity index (χ3v) is 2.45. The molecule has 1 unspecified atom stereocenters. The molecular formula is C11H17NO2. The van der Waals surface area contributed by atoms with Crippen LogP contribution in [0, 0.1) is 24.2 Å². The van der Waals surface area contributed by atoms with Crippen molar-refractivity contribution in [1.29, 1.82) is 0 Å². The molecule has 0 aliphatic heterocycles. The van der Waals surface area contributed by atoms with E-state index in [1.807, 2.05) is 13.8 Å². The standard InChI is InChI=1S/C11H17NO2/c1-4-9(8-5-6-8)14-11(13)10(12)7(2)3/h1,7-10H,5-6,12H2,2-3H3/t9?,10-/m0/s1. The lowest BCUT2D eigenvalue weighted by atomic mass is 10.1. The van der Waals surface area contributed by atoms with Crippen molar-refractivity contribution < 1.29 is 9.53 Å². The molecular weight excluding hydrogens is 178 g/mol. The molecule has 1 rings (SSSR count). The van der Waals surface area contributed by atoms with Gasteiger partial charge in [-0.15, -0.1) is 6.42 Å². The van der Waals surface area contributed by atoms with Gasteiger partial charge in [0.15, 0.2) is 6.10 Å². The summed E-state index contributed by atoms with van der Waals surface area (Å²) < 4.78 is 5.15. The first-order valence-corrected chi connectivity index (χ1v) is 4.98. The summed E-state index contributed by atoms with van der Waals surface area (Å²) in [6, 6.07) is -0.565. The van der Waals surface area contributed by atoms with E-state index in [9.17, 15) is 4.79 Å². The van der Waals surface area contributed by atoms with Gasteiger partial charge in [-0.1, -0.05) is 19.8 Å². The summed E-state index contributed by atoms with van der Waals surface area (Å²) in [5.74, 6) is 2.56. The van der Waals surface area contributed by atoms with Gasteiger partial charge in [0, 0.05) is 5.92 Å². The fraction of sp³-hybridized carbons (Fsp3) is 0.727. The summed E-state index contributed by atoms with van der Waals surface area (Å²) in [5, 5.41) is 0. The van der Waals surface area contributed by atoms with E-state index in [1.54, 1.807) is 0 Å². The Hall–Kier alpha value is -1.01. The van der Waals surface area contributed by atoms with Crippen LogP contribution in [-0.2, 0) is 9.53 Å². The van der Waals surface area contributed by atoms with E-state index in [-0.39, 0.29) is 18.0 Å². The number of carbonyl (C=O) groups is 1. The van der Waals surface area contributed by atoms with Crippen molar-refractivity contribution in [1.82, 2.24) is 0 Å². The van der Waals surface area contributed by atoms with Crippen molar-refractivity contribution >= 4 is 5.97 Å². The molecule has 0 heterocycles. The SMILES string of the molecule is C#CC(OC(=O)[C@@H](N)C(C)C)C1CC1. The van der Waals surface area contributed by atoms with Gasteiger partial charge in [-0.25, -0.2) is 0 Å². The fourth-order valence-electron chi connectivity index (χ4n) is 1.14. The Labute approximate surface area is 85.0 Å². The third kappa shape index (κ3) is 2.74. The van der Waals surface area contributed by atoms with Gasteiger partial charge in [-0.3, -0.25) is 4.79 Å². The van der Waals surface area contributed by atoms with Gasteiger partial charge in [0.05, 0.1) is 0 Å². The lowest BCUT2D eigenvalue weighted by molar-refractivity contribution is -0.149. The summed E-state index contributed by atoms with van der Waals surface area (Å²) in [6.07, 6.45) is 7.01. The number of esters is 1. The van der Waals surface area contributed by atoms with E-state index in [0.717, 1.165) is 12.8 Å². The molecule has 1 fully saturated rings. The number of rotatable bonds is 4. The monoisotopic (exact) mass is 195 g/mol. The molecule has 0 aromatic rings. The normalized spacial score (nSPS) is 19.9. The maximum absolute atomic E-state index is 11.4. The van der Waals surface area contributed by atoms with Gasteiger partial charge < -0.3 is 10.5 Å². The minimum atomic E-state index is -0.565. The Morgan fingerprint density at radius 2 is 2.14 bits per heavy atom. The summed E-state index contributed by atoms with van der Waals surface area (Å²) in [5.41, 5.74) is 5.64. The summed E-state index contributed by atoms with van der Waals surface area (Å²) in [4.78, 5) is 11.4. The van der Waals surface area contributed by atoms with Gasteiger partial charge in [0.1, 0.15) is 6.04 Å². The second-order valence-corrected chi connectivity index (χ2v) is 4.13. The van der Waals surface area contributed by atoms with Crippen molar-refractivity contribution in [3.8, 4) is 12.3 Å². The van der Waals surface area contributed by atoms with Crippen LogP contribution in [0.3, 0.4) is 0 Å². The Kier molecular flexibility index (Phi) is 3.54. The fourth-order valence-corrected chi connectivity index (χ4v) is 1.14. The molecule has 2 atom stereocenters. The van der Waals surface area contributed by atoms with Crippen molar-refractivity contribution in [2.75, 3.05) is 0 Å². The summed E-state index contributed by atoms with van der Waals surface area (Å²) in [6.45, 7) is 3.77. The highest BCUT2D eigenvalue weighted by Gasteiger charge is 2.34. The highest BCUT2D eigenvalue weighted by molar-refractivity contribution is 5.76. The molecule has 3 heteroatoms. The number of carbonyl (C=O) groups excluding carboxylic acids is 1. The third-order valence-electron chi connectivity index (χ3n) is 2.45. The second-order valence-electron chi connectivity index (χ2n) is 4.13. The number of nitrogens with two attached hydrogens (primary N) is 1. The zero-order valence-corrected chi connectivity index (χ0v) is 8.69. The van der Waals surface area contributed by atoms with E-state index in [4.69, 9.17) is 16.9 Å². The highest BCUT2D eigenvalue weighted by atomic mass is 16.5. The van der Waals surface area contributed by atoms with Crippen LogP contribution in [-0.4, -0.2) is 18.1 Å². The first-order chi connectivity index (χ1) is 6.56. The highest BCUT2D eigenvalue weighted by Crippen LogP contribution is 2.34. The topological polar surface area (TPSA) is 52.3 Å². The Morgan fingerprint density at radius 1 is 1.57 bits per heavy atom. The summed E-state index contributed by atoms with van der Waals surface area (Å²) in [7, 11) is 0. The summed E-state index contributed by atoms with van der Waals surface area (Å²) >= 11 is 0. The smallest absolute Gasteiger partial charge is 0.324 e. The van der Waals surface area contributed by atoms with Crippen LogP contribution in [0.1, 0.15) is 26.7 Å². The number of hydrogen-bond acceptors (Lipinski definition) is 3. The first kappa shape index (κ1) is 11.1. The van der Waals surface area contributed by atoms with Crippen molar-refractivity contribution in [3.63, 3.8) is 0 Å². The quantitative estimate of drug-likeness (QED) is 0.536. The van der Waals surface area contributed by atoms with Crippen LogP contribution in [0.2, 0.25) is 0 Å². The molecule has 78 valence electrons. The molecule has 0 radical (unpaired) electrons. The van der Waals surface area contributed by atoms with Crippen LogP contribution in [0.25, 0.3) is 0 Å². The molecule has 0 spiro atoms. The minimum Gasteiger partial charge on any atom is -0.448 e. The van der Waals surface area contributed by atoms with Crippen molar-refractivity contribution in [2.45, 2.75) is 38.8 Å². The second kappa shape index (κ2) is 4.47. The van der Waals surface area contributed by atoms with Crippen LogP contribution in [0.4, 0.5) is 0 Å². The number of terminal acetylenes is 1. The Morgan fingerprint density at radius 3 is 2.50 bits per heavy atom. The van der Waals surface area contributed by atoms with Gasteiger partial charge >= 0.3 is 5.97 Å². The predicted octanol–water partition coefficient (Wildman–Crippen LogP) is 0.925. The maximum Gasteiger partial charge on any atom is 0.324 e. The van der Waals surface area contributed by atoms with Gasteiger partial charge in [0.25, 0.3) is 0 Å². The molecule has 0 saturated heterocycles. The van der Waals surface area contributed by atoms with Gasteiger partial charge in [-0.2, -0.15) is 0 Å². The first-order valence-electron chi connectivity index (χ1n) is 4.98. The average Bonchev–Trinajstić information content (AvgIpc) is 2.95. The maximum atomic E-state index is 11.4. The molecule has 1 aliphatic carbocycles. The number of ether oxygens (including phenoxy) is 1. The van der Waals surface area contributed by atoms with E-state index in [0.29, 0.717) is 5.92 Å². The molecule has 1 aliphatic rings. The van der Waals surface area contributed by atoms with Crippen molar-refractivity contribution in [2.24, 2.45) is 17.6 Å². The Bertz CT molecular complexity index is 251. The molecule has 14 heavy (non-hydrogen) atoms.